The van der Waals surface area contributed by atoms with E-state index in [0.29, 0.717) is 37.1 Å². The third-order valence-electron chi connectivity index (χ3n) is 5.99. The molecular formula is C25H30F2N2O. The van der Waals surface area contributed by atoms with Crippen molar-refractivity contribution in [1.82, 2.24) is 0 Å². The molecular weight excluding hydrogens is 382 g/mol. The minimum atomic E-state index is -1.36. The Balaban J connectivity index is 1.64. The van der Waals surface area contributed by atoms with E-state index in [1.807, 2.05) is 45.9 Å². The number of hydrogen-bond acceptors (Lipinski definition) is 2. The minimum Gasteiger partial charge on any atom is -0.367 e. The van der Waals surface area contributed by atoms with Crippen LogP contribution in [0.25, 0.3) is 0 Å². The number of hydrogen-bond donors (Lipinski definition) is 1. The normalized spacial score (nSPS) is 17.5. The third-order valence-corrected chi connectivity index (χ3v) is 5.99. The van der Waals surface area contributed by atoms with Gasteiger partial charge in [-0.05, 0) is 72.6 Å². The quantitative estimate of drug-likeness (QED) is 0.665. The molecule has 1 heterocycles. The molecule has 2 aliphatic rings. The Bertz CT molecular complexity index is 989. The largest absolute Gasteiger partial charge is 0.367 e. The lowest BCUT2D eigenvalue weighted by atomic mass is 9.91. The van der Waals surface area contributed by atoms with E-state index in [2.05, 4.69) is 10.2 Å². The third kappa shape index (κ3) is 4.35. The molecule has 3 nitrogen and oxygen atoms in total. The van der Waals surface area contributed by atoms with E-state index in [1.165, 1.54) is 6.07 Å². The van der Waals surface area contributed by atoms with Crippen LogP contribution in [0, 0.1) is 18.2 Å². The summed E-state index contributed by atoms with van der Waals surface area (Å²) in [5.74, 6) is -0.290. The SMILES string of the molecule is Cc1cc(N2CCc3cc(F)ccc3C2)cc(C2(F)CC2)c1NC(=O)CC(C)(C)C. The summed E-state index contributed by atoms with van der Waals surface area (Å²) in [6, 6.07) is 8.87. The molecule has 2 aromatic carbocycles. The van der Waals surface area contributed by atoms with Gasteiger partial charge in [0.05, 0.1) is 5.69 Å². The number of aryl methyl sites for hydroxylation is 1. The molecule has 160 valence electrons. The van der Waals surface area contributed by atoms with Gasteiger partial charge in [-0.1, -0.05) is 26.8 Å². The molecule has 1 aliphatic carbocycles. The van der Waals surface area contributed by atoms with E-state index < -0.39 is 5.67 Å². The Morgan fingerprint density at radius 2 is 1.90 bits per heavy atom. The molecule has 0 atom stereocenters. The van der Waals surface area contributed by atoms with E-state index in [0.717, 1.165) is 35.3 Å². The van der Waals surface area contributed by atoms with Gasteiger partial charge in [0, 0.05) is 30.8 Å². The van der Waals surface area contributed by atoms with Crippen LogP contribution in [0.3, 0.4) is 0 Å². The molecule has 1 aliphatic heterocycles. The molecule has 1 amide bonds. The number of alkyl halides is 1. The summed E-state index contributed by atoms with van der Waals surface area (Å²) in [6.45, 7) is 9.40. The summed E-state index contributed by atoms with van der Waals surface area (Å²) in [4.78, 5) is 14.8. The van der Waals surface area contributed by atoms with E-state index in [1.54, 1.807) is 6.07 Å². The van der Waals surface area contributed by atoms with Crippen LogP contribution in [0.15, 0.2) is 30.3 Å². The Kier molecular flexibility index (Phi) is 5.11. The molecule has 1 N–H and O–H groups in total. The highest BCUT2D eigenvalue weighted by molar-refractivity contribution is 5.93. The van der Waals surface area contributed by atoms with Crippen LogP contribution in [0.5, 0.6) is 0 Å². The zero-order valence-electron chi connectivity index (χ0n) is 18.2. The van der Waals surface area contributed by atoms with E-state index in [-0.39, 0.29) is 17.1 Å². The number of anilines is 2. The summed E-state index contributed by atoms with van der Waals surface area (Å²) in [5.41, 5.74) is 3.68. The molecule has 1 saturated carbocycles. The van der Waals surface area contributed by atoms with Crippen molar-refractivity contribution in [2.24, 2.45) is 5.41 Å². The highest BCUT2D eigenvalue weighted by Crippen LogP contribution is 2.53. The van der Waals surface area contributed by atoms with Crippen LogP contribution in [-0.2, 0) is 23.4 Å². The van der Waals surface area contributed by atoms with Gasteiger partial charge in [0.2, 0.25) is 5.91 Å². The molecule has 0 unspecified atom stereocenters. The lowest BCUT2D eigenvalue weighted by Gasteiger charge is -2.32. The van der Waals surface area contributed by atoms with Crippen LogP contribution >= 0.6 is 0 Å². The number of halogens is 2. The topological polar surface area (TPSA) is 32.3 Å². The maximum Gasteiger partial charge on any atom is 0.224 e. The van der Waals surface area contributed by atoms with Crippen LogP contribution in [0.1, 0.15) is 62.3 Å². The molecule has 5 heteroatoms. The smallest absolute Gasteiger partial charge is 0.224 e. The highest BCUT2D eigenvalue weighted by atomic mass is 19.1. The van der Waals surface area contributed by atoms with Crippen molar-refractivity contribution in [3.8, 4) is 0 Å². The molecule has 0 radical (unpaired) electrons. The molecule has 1 fully saturated rings. The van der Waals surface area contributed by atoms with Crippen molar-refractivity contribution in [3.63, 3.8) is 0 Å². The second-order valence-corrected chi connectivity index (χ2v) is 10.0. The fraction of sp³-hybridized carbons (Fsp3) is 0.480. The van der Waals surface area contributed by atoms with Gasteiger partial charge >= 0.3 is 0 Å². The average Bonchev–Trinajstić information content (AvgIpc) is 3.39. The van der Waals surface area contributed by atoms with Gasteiger partial charge in [-0.2, -0.15) is 0 Å². The lowest BCUT2D eigenvalue weighted by molar-refractivity contribution is -0.117. The summed E-state index contributed by atoms with van der Waals surface area (Å²) in [5, 5.41) is 2.99. The summed E-state index contributed by atoms with van der Waals surface area (Å²) < 4.78 is 28.8. The van der Waals surface area contributed by atoms with Gasteiger partial charge in [0.15, 0.2) is 0 Å². The first kappa shape index (κ1) is 20.8. The number of rotatable bonds is 4. The Labute approximate surface area is 177 Å². The van der Waals surface area contributed by atoms with Crippen molar-refractivity contribution >= 4 is 17.3 Å². The van der Waals surface area contributed by atoms with Crippen LogP contribution in [0.4, 0.5) is 20.2 Å². The van der Waals surface area contributed by atoms with Crippen molar-refractivity contribution in [2.45, 2.75) is 65.6 Å². The van der Waals surface area contributed by atoms with E-state index in [9.17, 15) is 9.18 Å². The van der Waals surface area contributed by atoms with Crippen molar-refractivity contribution in [2.75, 3.05) is 16.8 Å². The Morgan fingerprint density at radius 1 is 1.17 bits per heavy atom. The highest BCUT2D eigenvalue weighted by Gasteiger charge is 2.47. The molecule has 0 spiro atoms. The standard InChI is InChI=1S/C25H30F2N2O/c1-16-11-20(29-10-7-17-12-19(26)6-5-18(17)15-29)13-21(25(27)8-9-25)23(16)28-22(30)14-24(2,3)4/h5-6,11-13H,7-10,14-15H2,1-4H3,(H,28,30). The van der Waals surface area contributed by atoms with Crippen LogP contribution < -0.4 is 10.2 Å². The van der Waals surface area contributed by atoms with Crippen molar-refractivity contribution in [3.05, 3.63) is 58.4 Å². The number of carbonyl (C=O) groups excluding carboxylic acids is 1. The fourth-order valence-electron chi connectivity index (χ4n) is 4.26. The van der Waals surface area contributed by atoms with Crippen LogP contribution in [-0.4, -0.2) is 12.5 Å². The summed E-state index contributed by atoms with van der Waals surface area (Å²) in [6.07, 6.45) is 2.11. The molecule has 4 rings (SSSR count). The average molecular weight is 413 g/mol. The first-order valence-electron chi connectivity index (χ1n) is 10.7. The van der Waals surface area contributed by atoms with Gasteiger partial charge in [-0.25, -0.2) is 8.78 Å². The first-order valence-corrected chi connectivity index (χ1v) is 10.7. The van der Waals surface area contributed by atoms with Crippen molar-refractivity contribution < 1.29 is 13.6 Å². The van der Waals surface area contributed by atoms with Gasteiger partial charge in [0.1, 0.15) is 11.5 Å². The predicted molar refractivity (Wildman–Crippen MR) is 117 cm³/mol. The Morgan fingerprint density at radius 3 is 2.57 bits per heavy atom. The number of amides is 1. The summed E-state index contributed by atoms with van der Waals surface area (Å²) in [7, 11) is 0. The maximum atomic E-state index is 15.3. The lowest BCUT2D eigenvalue weighted by Crippen LogP contribution is -2.31. The van der Waals surface area contributed by atoms with Gasteiger partial charge in [0.25, 0.3) is 0 Å². The van der Waals surface area contributed by atoms with E-state index >= 15 is 4.39 Å². The number of fused-ring (bicyclic) bond motifs is 1. The molecule has 0 saturated heterocycles. The second kappa shape index (κ2) is 7.36. The first-order chi connectivity index (χ1) is 14.0. The monoisotopic (exact) mass is 412 g/mol. The summed E-state index contributed by atoms with van der Waals surface area (Å²) >= 11 is 0. The molecule has 0 bridgehead atoms. The molecule has 30 heavy (non-hydrogen) atoms. The zero-order chi connectivity index (χ0) is 21.7. The second-order valence-electron chi connectivity index (χ2n) is 10.0. The number of nitrogens with zero attached hydrogens (tertiary/aromatic N) is 1. The molecule has 2 aromatic rings. The van der Waals surface area contributed by atoms with Gasteiger partial charge < -0.3 is 10.2 Å². The predicted octanol–water partition coefficient (Wildman–Crippen LogP) is 6.03. The Hall–Kier alpha value is -2.43. The molecule has 0 aromatic heterocycles. The van der Waals surface area contributed by atoms with E-state index in [4.69, 9.17) is 0 Å². The van der Waals surface area contributed by atoms with Gasteiger partial charge in [-0.15, -0.1) is 0 Å². The van der Waals surface area contributed by atoms with Crippen molar-refractivity contribution in [1.29, 1.82) is 0 Å². The zero-order valence-corrected chi connectivity index (χ0v) is 18.2. The number of benzene rings is 2. The number of nitrogens with one attached hydrogen (secondary N) is 1. The number of carbonyl (C=O) groups is 1. The van der Waals surface area contributed by atoms with Crippen LogP contribution in [0.2, 0.25) is 0 Å². The minimum absolute atomic E-state index is 0.0854. The van der Waals surface area contributed by atoms with Gasteiger partial charge in [-0.3, -0.25) is 4.79 Å². The maximum absolute atomic E-state index is 15.3. The fourth-order valence-corrected chi connectivity index (χ4v) is 4.26.